The molecule has 0 unspecified atom stereocenters. The topological polar surface area (TPSA) is 58.6 Å². The highest BCUT2D eigenvalue weighted by Crippen LogP contribution is 1.98. The molecule has 0 fully saturated rings. The number of rotatable bonds is 10. The second-order valence-electron chi connectivity index (χ2n) is 3.56. The van der Waals surface area contributed by atoms with Gasteiger partial charge in [-0.3, -0.25) is 0 Å². The Bertz CT molecular complexity index is 214. The van der Waals surface area contributed by atoms with Gasteiger partial charge in [-0.15, -0.1) is 0 Å². The van der Waals surface area contributed by atoms with Gasteiger partial charge in [0.1, 0.15) is 0 Å². The van der Waals surface area contributed by atoms with Gasteiger partial charge >= 0.3 is 5.97 Å². The molecule has 0 heterocycles. The number of unbranched alkanes of at least 4 members (excludes halogenated alkanes) is 1. The van der Waals surface area contributed by atoms with E-state index in [-0.39, 0.29) is 0 Å². The van der Waals surface area contributed by atoms with Crippen LogP contribution in [-0.4, -0.2) is 37.4 Å². The fraction of sp³-hybridized carbons (Fsp3) is 0.750. The smallest absolute Gasteiger partial charge is 0.331 e. The van der Waals surface area contributed by atoms with Gasteiger partial charge in [-0.1, -0.05) is 26.3 Å². The highest BCUT2D eigenvalue weighted by molar-refractivity contribution is 5.86. The number of carbonyl (C=O) groups is 1. The van der Waals surface area contributed by atoms with E-state index in [1.807, 2.05) is 6.92 Å². The summed E-state index contributed by atoms with van der Waals surface area (Å²) in [5.41, 5.74) is 0.458. The van der Waals surface area contributed by atoms with Crippen molar-refractivity contribution in [2.75, 3.05) is 26.3 Å². The molecule has 0 aromatic heterocycles. The van der Waals surface area contributed by atoms with E-state index >= 15 is 0 Å². The molecule has 2 N–H and O–H groups in total. The first kappa shape index (κ1) is 15.1. The Morgan fingerprint density at radius 3 is 2.69 bits per heavy atom. The lowest BCUT2D eigenvalue weighted by Gasteiger charge is -2.04. The number of hydrogen-bond acceptors (Lipinski definition) is 3. The van der Waals surface area contributed by atoms with Gasteiger partial charge in [0.15, 0.2) is 0 Å². The molecule has 0 aliphatic heterocycles. The van der Waals surface area contributed by atoms with Crippen LogP contribution in [0.2, 0.25) is 0 Å². The van der Waals surface area contributed by atoms with E-state index in [1.165, 1.54) is 0 Å². The predicted molar refractivity (Wildman–Crippen MR) is 64.6 cm³/mol. The average Bonchev–Trinajstić information content (AvgIpc) is 2.26. The molecule has 4 heteroatoms. The Morgan fingerprint density at radius 1 is 1.38 bits per heavy atom. The molecule has 0 aromatic carbocycles. The lowest BCUT2D eigenvalue weighted by atomic mass is 10.2. The van der Waals surface area contributed by atoms with Crippen molar-refractivity contribution in [1.82, 2.24) is 5.32 Å². The molecule has 0 radical (unpaired) electrons. The fourth-order valence-electron chi connectivity index (χ4n) is 1.17. The summed E-state index contributed by atoms with van der Waals surface area (Å²) in [5.74, 6) is -0.830. The minimum atomic E-state index is -0.830. The van der Waals surface area contributed by atoms with Gasteiger partial charge in [0.05, 0.1) is 6.61 Å². The minimum Gasteiger partial charge on any atom is -0.478 e. The minimum absolute atomic E-state index is 0.458. The molecular weight excluding hydrogens is 206 g/mol. The maximum Gasteiger partial charge on any atom is 0.331 e. The molecule has 94 valence electrons. The van der Waals surface area contributed by atoms with Crippen molar-refractivity contribution in [3.05, 3.63) is 11.6 Å². The monoisotopic (exact) mass is 229 g/mol. The maximum atomic E-state index is 10.6. The number of aliphatic carboxylic acids is 1. The molecular formula is C12H23NO3. The number of carboxylic acid groups (broad SMARTS) is 1. The molecule has 0 spiro atoms. The fourth-order valence-corrected chi connectivity index (χ4v) is 1.17. The van der Waals surface area contributed by atoms with Gasteiger partial charge < -0.3 is 15.2 Å². The van der Waals surface area contributed by atoms with Crippen LogP contribution < -0.4 is 5.32 Å². The van der Waals surface area contributed by atoms with Crippen molar-refractivity contribution < 1.29 is 14.6 Å². The lowest BCUT2D eigenvalue weighted by Crippen LogP contribution is -2.20. The first-order valence-electron chi connectivity index (χ1n) is 5.93. The predicted octanol–water partition coefficient (Wildman–Crippen LogP) is 1.81. The summed E-state index contributed by atoms with van der Waals surface area (Å²) in [6.07, 6.45) is 4.52. The summed E-state index contributed by atoms with van der Waals surface area (Å²) in [5, 5.41) is 11.9. The maximum absolute atomic E-state index is 10.6. The Hall–Kier alpha value is -0.870. The van der Waals surface area contributed by atoms with E-state index in [4.69, 9.17) is 9.84 Å². The third-order valence-electron chi connectivity index (χ3n) is 2.21. The summed E-state index contributed by atoms with van der Waals surface area (Å²) in [4.78, 5) is 10.6. The molecule has 16 heavy (non-hydrogen) atoms. The Labute approximate surface area is 97.7 Å². The van der Waals surface area contributed by atoms with Crippen molar-refractivity contribution in [3.63, 3.8) is 0 Å². The van der Waals surface area contributed by atoms with E-state index in [1.54, 1.807) is 6.08 Å². The van der Waals surface area contributed by atoms with Crippen LogP contribution in [0.5, 0.6) is 0 Å². The molecule has 0 aliphatic rings. The van der Waals surface area contributed by atoms with E-state index in [9.17, 15) is 4.79 Å². The standard InChI is InChI=1S/C12H23NO3/c1-3-5-9-16-10-8-13-7-6-11(4-2)12(14)15/h6,13H,3-5,7-10H2,1-2H3,(H,14,15)/b11-6-. The zero-order chi connectivity index (χ0) is 12.2. The number of ether oxygens (including phenoxy) is 1. The SMILES string of the molecule is CCCCOCCNC/C=C(/CC)C(=O)O. The van der Waals surface area contributed by atoms with Crippen molar-refractivity contribution in [1.29, 1.82) is 0 Å². The summed E-state index contributed by atoms with van der Waals surface area (Å²) in [7, 11) is 0. The molecule has 0 aromatic rings. The molecule has 0 saturated carbocycles. The normalized spacial score (nSPS) is 11.8. The van der Waals surface area contributed by atoms with Gasteiger partial charge in [0, 0.05) is 25.3 Å². The highest BCUT2D eigenvalue weighted by Gasteiger charge is 2.01. The molecule has 0 saturated heterocycles. The zero-order valence-electron chi connectivity index (χ0n) is 10.3. The summed E-state index contributed by atoms with van der Waals surface area (Å²) >= 11 is 0. The van der Waals surface area contributed by atoms with Crippen LogP contribution in [0.3, 0.4) is 0 Å². The zero-order valence-corrected chi connectivity index (χ0v) is 10.3. The molecule has 0 amide bonds. The van der Waals surface area contributed by atoms with Crippen LogP contribution in [0.25, 0.3) is 0 Å². The number of carboxylic acids is 1. The van der Waals surface area contributed by atoms with Crippen LogP contribution in [0.1, 0.15) is 33.1 Å². The summed E-state index contributed by atoms with van der Waals surface area (Å²) in [6, 6.07) is 0. The first-order chi connectivity index (χ1) is 7.72. The Morgan fingerprint density at radius 2 is 2.12 bits per heavy atom. The molecule has 4 nitrogen and oxygen atoms in total. The quantitative estimate of drug-likeness (QED) is 0.443. The van der Waals surface area contributed by atoms with Gasteiger partial charge in [-0.25, -0.2) is 4.79 Å². The van der Waals surface area contributed by atoms with Crippen LogP contribution in [0, 0.1) is 0 Å². The van der Waals surface area contributed by atoms with E-state index in [0.29, 0.717) is 25.1 Å². The van der Waals surface area contributed by atoms with Gasteiger partial charge in [0.25, 0.3) is 0 Å². The van der Waals surface area contributed by atoms with Gasteiger partial charge in [-0.2, -0.15) is 0 Å². The third kappa shape index (κ3) is 8.44. The van der Waals surface area contributed by atoms with Crippen LogP contribution in [0.4, 0.5) is 0 Å². The van der Waals surface area contributed by atoms with Crippen molar-refractivity contribution >= 4 is 5.97 Å². The molecule has 0 bridgehead atoms. The lowest BCUT2D eigenvalue weighted by molar-refractivity contribution is -0.132. The Balaban J connectivity index is 3.41. The van der Waals surface area contributed by atoms with Gasteiger partial charge in [-0.05, 0) is 12.8 Å². The summed E-state index contributed by atoms with van der Waals surface area (Å²) < 4.78 is 5.36. The molecule has 0 rings (SSSR count). The van der Waals surface area contributed by atoms with E-state index in [0.717, 1.165) is 26.0 Å². The summed E-state index contributed by atoms with van der Waals surface area (Å²) in [6.45, 7) is 6.81. The first-order valence-corrected chi connectivity index (χ1v) is 5.93. The second kappa shape index (κ2) is 10.6. The molecule has 0 aliphatic carbocycles. The number of hydrogen-bond donors (Lipinski definition) is 2. The van der Waals surface area contributed by atoms with E-state index in [2.05, 4.69) is 12.2 Å². The van der Waals surface area contributed by atoms with Crippen LogP contribution in [0.15, 0.2) is 11.6 Å². The third-order valence-corrected chi connectivity index (χ3v) is 2.21. The van der Waals surface area contributed by atoms with E-state index < -0.39 is 5.97 Å². The number of nitrogens with one attached hydrogen (secondary N) is 1. The Kier molecular flexibility index (Phi) is 10.1. The highest BCUT2D eigenvalue weighted by atomic mass is 16.5. The van der Waals surface area contributed by atoms with Crippen LogP contribution in [-0.2, 0) is 9.53 Å². The van der Waals surface area contributed by atoms with Crippen molar-refractivity contribution in [2.45, 2.75) is 33.1 Å². The van der Waals surface area contributed by atoms with Crippen molar-refractivity contribution in [3.8, 4) is 0 Å². The van der Waals surface area contributed by atoms with Gasteiger partial charge in [0.2, 0.25) is 0 Å². The largest absolute Gasteiger partial charge is 0.478 e. The molecule has 0 atom stereocenters. The van der Waals surface area contributed by atoms with Crippen LogP contribution >= 0.6 is 0 Å². The van der Waals surface area contributed by atoms with Crippen molar-refractivity contribution in [2.24, 2.45) is 0 Å². The second-order valence-corrected chi connectivity index (χ2v) is 3.56. The average molecular weight is 229 g/mol.